The van der Waals surface area contributed by atoms with E-state index in [9.17, 15) is 23.9 Å². The first kappa shape index (κ1) is 25.1. The lowest BCUT2D eigenvalue weighted by atomic mass is 9.76. The smallest absolute Gasteiger partial charge is 0.294 e. The molecule has 4 rings (SSSR count). The maximum Gasteiger partial charge on any atom is 0.294 e. The SMILES string of the molecule is Cc1cc(NC(=O)c2c(C)c(C(=O)C(=O)N[C@]3(C)C[C@H](O)C3)n(C)c2C2CCCCC2)ccc1F. The number of aliphatic hydroxyl groups excluding tert-OH is 1. The van der Waals surface area contributed by atoms with Gasteiger partial charge in [-0.3, -0.25) is 14.4 Å². The van der Waals surface area contributed by atoms with Gasteiger partial charge >= 0.3 is 0 Å². The van der Waals surface area contributed by atoms with Gasteiger partial charge in [0.15, 0.2) is 0 Å². The number of amides is 2. The summed E-state index contributed by atoms with van der Waals surface area (Å²) in [6, 6.07) is 4.38. The van der Waals surface area contributed by atoms with Crippen molar-refractivity contribution in [3.63, 3.8) is 0 Å². The number of aliphatic hydroxyl groups is 1. The number of aryl methyl sites for hydroxylation is 1. The molecule has 0 radical (unpaired) electrons. The zero-order valence-electron chi connectivity index (χ0n) is 20.8. The fraction of sp³-hybridized carbons (Fsp3) is 0.519. The molecule has 0 saturated heterocycles. The fourth-order valence-electron chi connectivity index (χ4n) is 5.75. The molecule has 2 amide bonds. The summed E-state index contributed by atoms with van der Waals surface area (Å²) in [5.74, 6) is -2.06. The molecule has 3 N–H and O–H groups in total. The molecule has 0 atom stereocenters. The summed E-state index contributed by atoms with van der Waals surface area (Å²) in [6.45, 7) is 5.13. The highest BCUT2D eigenvalue weighted by Gasteiger charge is 2.42. The molecule has 188 valence electrons. The van der Waals surface area contributed by atoms with Crippen LogP contribution in [0, 0.1) is 19.7 Å². The van der Waals surface area contributed by atoms with E-state index in [-0.39, 0.29) is 23.3 Å². The van der Waals surface area contributed by atoms with E-state index in [1.807, 2.05) is 0 Å². The Morgan fingerprint density at radius 1 is 1.11 bits per heavy atom. The number of rotatable bonds is 6. The first-order chi connectivity index (χ1) is 16.5. The summed E-state index contributed by atoms with van der Waals surface area (Å²) < 4.78 is 15.4. The van der Waals surface area contributed by atoms with E-state index in [1.165, 1.54) is 12.1 Å². The van der Waals surface area contributed by atoms with Crippen LogP contribution in [0.15, 0.2) is 18.2 Å². The largest absolute Gasteiger partial charge is 0.393 e. The van der Waals surface area contributed by atoms with E-state index in [1.54, 1.807) is 38.5 Å². The number of carbonyl (C=O) groups is 3. The molecular weight excluding hydrogens is 449 g/mol. The molecule has 7 nitrogen and oxygen atoms in total. The van der Waals surface area contributed by atoms with Crippen molar-refractivity contribution in [1.29, 1.82) is 0 Å². The minimum atomic E-state index is -0.737. The molecule has 2 saturated carbocycles. The highest BCUT2D eigenvalue weighted by Crippen LogP contribution is 2.38. The Morgan fingerprint density at radius 3 is 2.37 bits per heavy atom. The fourth-order valence-corrected chi connectivity index (χ4v) is 5.75. The van der Waals surface area contributed by atoms with Gasteiger partial charge in [0.25, 0.3) is 17.6 Å². The van der Waals surface area contributed by atoms with Crippen molar-refractivity contribution in [2.24, 2.45) is 7.05 Å². The second-order valence-corrected chi connectivity index (χ2v) is 10.5. The lowest BCUT2D eigenvalue weighted by molar-refractivity contribution is -0.121. The van der Waals surface area contributed by atoms with Crippen molar-refractivity contribution in [2.75, 3.05) is 5.32 Å². The maximum atomic E-state index is 13.7. The number of Topliss-reactive ketones (excluding diaryl/α,β-unsaturated/α-hetero) is 1. The number of carbonyl (C=O) groups excluding carboxylic acids is 3. The predicted octanol–water partition coefficient (Wildman–Crippen LogP) is 4.29. The number of hydrogen-bond donors (Lipinski definition) is 3. The van der Waals surface area contributed by atoms with E-state index < -0.39 is 23.3 Å². The lowest BCUT2D eigenvalue weighted by Gasteiger charge is -2.42. The molecule has 1 aromatic heterocycles. The minimum Gasteiger partial charge on any atom is -0.393 e. The number of nitrogens with zero attached hydrogens (tertiary/aromatic N) is 1. The van der Waals surface area contributed by atoms with Crippen LogP contribution in [-0.2, 0) is 11.8 Å². The minimum absolute atomic E-state index is 0.104. The van der Waals surface area contributed by atoms with Gasteiger partial charge in [0.05, 0.1) is 17.4 Å². The van der Waals surface area contributed by atoms with Crippen LogP contribution in [0.4, 0.5) is 10.1 Å². The second kappa shape index (κ2) is 9.57. The number of ketones is 1. The highest BCUT2D eigenvalue weighted by atomic mass is 19.1. The Balaban J connectivity index is 1.70. The third-order valence-corrected chi connectivity index (χ3v) is 7.53. The van der Waals surface area contributed by atoms with Crippen molar-refractivity contribution in [2.45, 2.75) is 83.3 Å². The first-order valence-electron chi connectivity index (χ1n) is 12.3. The Kier molecular flexibility index (Phi) is 6.86. The molecule has 0 bridgehead atoms. The summed E-state index contributed by atoms with van der Waals surface area (Å²) in [6.07, 6.45) is 5.35. The number of hydrogen-bond acceptors (Lipinski definition) is 4. The van der Waals surface area contributed by atoms with Crippen molar-refractivity contribution in [3.8, 4) is 0 Å². The van der Waals surface area contributed by atoms with E-state index in [0.29, 0.717) is 35.2 Å². The predicted molar refractivity (Wildman–Crippen MR) is 131 cm³/mol. The molecular formula is C27H34FN3O4. The van der Waals surface area contributed by atoms with Gasteiger partial charge in [-0.1, -0.05) is 19.3 Å². The van der Waals surface area contributed by atoms with E-state index in [0.717, 1.165) is 37.8 Å². The molecule has 2 fully saturated rings. The monoisotopic (exact) mass is 483 g/mol. The van der Waals surface area contributed by atoms with E-state index in [2.05, 4.69) is 10.6 Å². The van der Waals surface area contributed by atoms with Crippen LogP contribution in [-0.4, -0.2) is 38.9 Å². The average molecular weight is 484 g/mol. The number of nitrogens with one attached hydrogen (secondary N) is 2. The molecule has 2 aliphatic carbocycles. The quantitative estimate of drug-likeness (QED) is 0.421. The van der Waals surface area contributed by atoms with Gasteiger partial charge in [0.2, 0.25) is 0 Å². The Hall–Kier alpha value is -3.00. The van der Waals surface area contributed by atoms with Crippen molar-refractivity contribution < 1.29 is 23.9 Å². The van der Waals surface area contributed by atoms with Crippen LogP contribution in [0.5, 0.6) is 0 Å². The summed E-state index contributed by atoms with van der Waals surface area (Å²) in [4.78, 5) is 39.7. The zero-order valence-corrected chi connectivity index (χ0v) is 20.8. The number of halogens is 1. The summed E-state index contributed by atoms with van der Waals surface area (Å²) in [5, 5.41) is 15.3. The summed E-state index contributed by atoms with van der Waals surface area (Å²) >= 11 is 0. The average Bonchev–Trinajstić information content (AvgIpc) is 3.05. The third-order valence-electron chi connectivity index (χ3n) is 7.53. The number of benzene rings is 1. The maximum absolute atomic E-state index is 13.7. The lowest BCUT2D eigenvalue weighted by Crippen LogP contribution is -2.58. The molecule has 8 heteroatoms. The Morgan fingerprint density at radius 2 is 1.77 bits per heavy atom. The molecule has 2 aromatic rings. The standard InChI is InChI=1S/C27H34FN3O4/c1-15-12-18(10-11-20(15)28)29-25(34)21-16(2)22(31(4)23(21)17-8-6-5-7-9-17)24(33)26(35)30-27(3)13-19(32)14-27/h10-12,17,19,32H,5-9,13-14H2,1-4H3,(H,29,34)(H,30,35)/t19-,27+. The summed E-state index contributed by atoms with van der Waals surface area (Å²) in [7, 11) is 1.74. The van der Waals surface area contributed by atoms with Gasteiger partial charge in [-0.2, -0.15) is 0 Å². The molecule has 1 heterocycles. The van der Waals surface area contributed by atoms with Crippen LogP contribution in [0.25, 0.3) is 0 Å². The first-order valence-corrected chi connectivity index (χ1v) is 12.3. The van der Waals surface area contributed by atoms with Crippen LogP contribution in [0.3, 0.4) is 0 Å². The Labute approximate surface area is 205 Å². The van der Waals surface area contributed by atoms with Crippen LogP contribution in [0.2, 0.25) is 0 Å². The second-order valence-electron chi connectivity index (χ2n) is 10.5. The number of aromatic nitrogens is 1. The zero-order chi connectivity index (χ0) is 25.5. The molecule has 0 unspecified atom stereocenters. The highest BCUT2D eigenvalue weighted by molar-refractivity contribution is 6.43. The van der Waals surface area contributed by atoms with Crippen LogP contribution in [0.1, 0.15) is 95.5 Å². The third kappa shape index (κ3) is 4.89. The van der Waals surface area contributed by atoms with Crippen molar-refractivity contribution in [1.82, 2.24) is 9.88 Å². The molecule has 2 aliphatic rings. The normalized spacial score (nSPS) is 22.4. The van der Waals surface area contributed by atoms with Gasteiger partial charge < -0.3 is 20.3 Å². The molecule has 1 aromatic carbocycles. The van der Waals surface area contributed by atoms with Gasteiger partial charge in [-0.05, 0) is 75.8 Å². The molecule has 35 heavy (non-hydrogen) atoms. The van der Waals surface area contributed by atoms with Crippen molar-refractivity contribution in [3.05, 3.63) is 52.1 Å². The van der Waals surface area contributed by atoms with Crippen LogP contribution >= 0.6 is 0 Å². The van der Waals surface area contributed by atoms with E-state index in [4.69, 9.17) is 0 Å². The van der Waals surface area contributed by atoms with Gasteiger partial charge in [-0.25, -0.2) is 4.39 Å². The van der Waals surface area contributed by atoms with Crippen LogP contribution < -0.4 is 10.6 Å². The number of anilines is 1. The van der Waals surface area contributed by atoms with E-state index >= 15 is 0 Å². The summed E-state index contributed by atoms with van der Waals surface area (Å²) in [5.41, 5.74) is 2.10. The topological polar surface area (TPSA) is 100 Å². The molecule has 0 spiro atoms. The van der Waals surface area contributed by atoms with Gasteiger partial charge in [-0.15, -0.1) is 0 Å². The van der Waals surface area contributed by atoms with Gasteiger partial charge in [0, 0.05) is 29.9 Å². The van der Waals surface area contributed by atoms with Crippen molar-refractivity contribution >= 4 is 23.3 Å². The van der Waals surface area contributed by atoms with Gasteiger partial charge in [0.1, 0.15) is 5.82 Å². The molecule has 0 aliphatic heterocycles. The Bertz CT molecular complexity index is 1170.